The molecule has 2 aliphatic rings. The summed E-state index contributed by atoms with van der Waals surface area (Å²) in [7, 11) is 0. The highest BCUT2D eigenvalue weighted by molar-refractivity contribution is 6.23. The Bertz CT molecular complexity index is 1100. The second-order valence-corrected chi connectivity index (χ2v) is 6.48. The minimum atomic E-state index is -5.95. The number of carbonyl (C=O) groups excluding carboxylic acids is 3. The lowest BCUT2D eigenvalue weighted by Gasteiger charge is -2.37. The number of rotatable bonds is 3. The summed E-state index contributed by atoms with van der Waals surface area (Å²) in [5.74, 6) is -11.7. The Morgan fingerprint density at radius 2 is 1.78 bits per heavy atom. The summed E-state index contributed by atoms with van der Waals surface area (Å²) in [5, 5.41) is 1.96. The van der Waals surface area contributed by atoms with E-state index in [-0.39, 0.29) is 0 Å². The van der Waals surface area contributed by atoms with Gasteiger partial charge in [0.05, 0.1) is 12.2 Å². The number of nitrogens with two attached hydrogens (primary N) is 1. The molecule has 172 valence electrons. The van der Waals surface area contributed by atoms with Gasteiger partial charge in [-0.05, 0) is 25.1 Å². The molecule has 1 atom stereocenters. The molecule has 32 heavy (non-hydrogen) atoms. The zero-order valence-electron chi connectivity index (χ0n) is 15.7. The molecule has 1 unspecified atom stereocenters. The Morgan fingerprint density at radius 3 is 2.31 bits per heavy atom. The highest BCUT2D eigenvalue weighted by atomic mass is 19.4. The molecule has 1 aromatic carbocycles. The number of esters is 1. The number of fused-ring (bicyclic) bond motifs is 2. The van der Waals surface area contributed by atoms with E-state index in [1.807, 2.05) is 5.32 Å². The molecule has 1 amide bonds. The number of allylic oxidation sites excluding steroid dienone is 1. The van der Waals surface area contributed by atoms with E-state index < -0.39 is 81.9 Å². The van der Waals surface area contributed by atoms with Crippen molar-refractivity contribution in [3.8, 4) is 0 Å². The molecule has 0 radical (unpaired) electrons. The number of alkyl halides is 6. The number of hydrogen-bond acceptors (Lipinski definition) is 6. The molecule has 3 N–H and O–H groups in total. The predicted octanol–water partition coefficient (Wildman–Crippen LogP) is 2.73. The van der Waals surface area contributed by atoms with Gasteiger partial charge in [0.1, 0.15) is 16.8 Å². The first-order chi connectivity index (χ1) is 14.7. The van der Waals surface area contributed by atoms with Gasteiger partial charge in [0.2, 0.25) is 17.5 Å². The Kier molecular flexibility index (Phi) is 5.22. The van der Waals surface area contributed by atoms with Gasteiger partial charge in [-0.3, -0.25) is 9.59 Å². The van der Waals surface area contributed by atoms with Crippen molar-refractivity contribution in [3.05, 3.63) is 52.4 Å². The molecule has 2 heterocycles. The molecule has 0 saturated heterocycles. The lowest BCUT2D eigenvalue weighted by molar-refractivity contribution is -0.170. The average Bonchev–Trinajstić information content (AvgIpc) is 2.92. The first kappa shape index (κ1) is 23.1. The zero-order chi connectivity index (χ0) is 24.2. The summed E-state index contributed by atoms with van der Waals surface area (Å²) in [6.45, 7) is 0.799. The summed E-state index contributed by atoms with van der Waals surface area (Å²) in [5.41, 5.74) is -2.98. The maximum Gasteiger partial charge on any atom is 0.454 e. The van der Waals surface area contributed by atoms with Crippen LogP contribution >= 0.6 is 0 Å². The molecular formula is C18H11F7N2O5. The molecule has 7 nitrogen and oxygen atoms in total. The minimum absolute atomic E-state index is 0.405. The molecule has 1 spiro atoms. The first-order valence-electron chi connectivity index (χ1n) is 8.57. The van der Waals surface area contributed by atoms with Gasteiger partial charge in [-0.15, -0.1) is 0 Å². The third kappa shape index (κ3) is 3.26. The maximum absolute atomic E-state index is 14.0. The van der Waals surface area contributed by atoms with Gasteiger partial charge in [-0.1, -0.05) is 0 Å². The summed E-state index contributed by atoms with van der Waals surface area (Å²) < 4.78 is 104. The monoisotopic (exact) mass is 468 g/mol. The topological polar surface area (TPSA) is 108 Å². The summed E-state index contributed by atoms with van der Waals surface area (Å²) >= 11 is 0. The van der Waals surface area contributed by atoms with E-state index in [1.165, 1.54) is 6.92 Å². The number of halogens is 7. The normalized spacial score (nSPS) is 20.8. The predicted molar refractivity (Wildman–Crippen MR) is 89.8 cm³/mol. The van der Waals surface area contributed by atoms with Crippen molar-refractivity contribution in [2.75, 3.05) is 11.9 Å². The lowest BCUT2D eigenvalue weighted by atomic mass is 9.66. The van der Waals surface area contributed by atoms with Crippen LogP contribution in [-0.2, 0) is 29.3 Å². The Hall–Kier alpha value is -3.58. The van der Waals surface area contributed by atoms with E-state index in [2.05, 4.69) is 9.47 Å². The van der Waals surface area contributed by atoms with Gasteiger partial charge in [0.15, 0.2) is 0 Å². The van der Waals surface area contributed by atoms with E-state index in [0.717, 1.165) is 12.1 Å². The average molecular weight is 468 g/mol. The second kappa shape index (κ2) is 7.24. The van der Waals surface area contributed by atoms with Crippen LogP contribution in [-0.4, -0.2) is 36.6 Å². The Balaban J connectivity index is 2.56. The molecule has 1 aromatic rings. The summed E-state index contributed by atoms with van der Waals surface area (Å²) in [4.78, 5) is 37.8. The number of hydrogen-bond donors (Lipinski definition) is 2. The lowest BCUT2D eigenvalue weighted by Crippen LogP contribution is -2.51. The van der Waals surface area contributed by atoms with Crippen molar-refractivity contribution in [1.82, 2.24) is 0 Å². The number of ketones is 1. The number of amides is 1. The van der Waals surface area contributed by atoms with Crippen LogP contribution in [0.15, 0.2) is 41.0 Å². The fraction of sp³-hybridized carbons (Fsp3) is 0.278. The molecular weight excluding hydrogens is 457 g/mol. The minimum Gasteiger partial charge on any atom is -0.462 e. The van der Waals surface area contributed by atoms with Gasteiger partial charge in [-0.25, -0.2) is 9.18 Å². The third-order valence-electron chi connectivity index (χ3n) is 4.63. The van der Waals surface area contributed by atoms with Crippen molar-refractivity contribution >= 4 is 23.3 Å². The SMILES string of the molecule is CCOC(=O)C1=C(N)OC(C(F)(F)F)=C(C(=O)C(F)(F)F)C12C(=O)Nc1ccc(F)cc12. The highest BCUT2D eigenvalue weighted by Gasteiger charge is 2.67. The Morgan fingerprint density at radius 1 is 1.16 bits per heavy atom. The van der Waals surface area contributed by atoms with E-state index >= 15 is 0 Å². The van der Waals surface area contributed by atoms with Crippen LogP contribution in [0.3, 0.4) is 0 Å². The number of nitrogens with one attached hydrogen (secondary N) is 1. The molecule has 0 bridgehead atoms. The third-order valence-corrected chi connectivity index (χ3v) is 4.63. The summed E-state index contributed by atoms with van der Waals surface area (Å²) in [6, 6.07) is 1.98. The van der Waals surface area contributed by atoms with E-state index in [1.54, 1.807) is 0 Å². The first-order valence-corrected chi connectivity index (χ1v) is 8.57. The van der Waals surface area contributed by atoms with Crippen LogP contribution in [0.25, 0.3) is 0 Å². The van der Waals surface area contributed by atoms with Crippen molar-refractivity contribution in [1.29, 1.82) is 0 Å². The zero-order valence-corrected chi connectivity index (χ0v) is 15.7. The van der Waals surface area contributed by atoms with E-state index in [0.29, 0.717) is 6.07 Å². The van der Waals surface area contributed by atoms with Gasteiger partial charge in [0, 0.05) is 11.3 Å². The number of benzene rings is 1. The fourth-order valence-electron chi connectivity index (χ4n) is 3.53. The highest BCUT2D eigenvalue weighted by Crippen LogP contribution is 2.55. The van der Waals surface area contributed by atoms with Crippen molar-refractivity contribution in [2.24, 2.45) is 5.73 Å². The van der Waals surface area contributed by atoms with Gasteiger partial charge in [-0.2, -0.15) is 26.3 Å². The number of anilines is 1. The standard InChI is InChI=1S/C18H11F7N2O5/c1-2-31-14(29)10-13(26)32-12(18(23,24)25)9(11(28)17(20,21)22)16(10)7-5-6(19)3-4-8(7)27-15(16)30/h3-5H,2,26H2,1H3,(H,27,30). The van der Waals surface area contributed by atoms with Crippen LogP contribution in [0.1, 0.15) is 12.5 Å². The van der Waals surface area contributed by atoms with Crippen LogP contribution < -0.4 is 11.1 Å². The molecule has 14 heteroatoms. The maximum atomic E-state index is 14.0. The van der Waals surface area contributed by atoms with Crippen LogP contribution in [0.4, 0.5) is 36.4 Å². The summed E-state index contributed by atoms with van der Waals surface area (Å²) in [6.07, 6.45) is -11.7. The van der Waals surface area contributed by atoms with E-state index in [9.17, 15) is 45.1 Å². The van der Waals surface area contributed by atoms with Crippen molar-refractivity contribution < 1.29 is 54.6 Å². The fourth-order valence-corrected chi connectivity index (χ4v) is 3.53. The second-order valence-electron chi connectivity index (χ2n) is 6.48. The molecule has 0 saturated carbocycles. The van der Waals surface area contributed by atoms with Gasteiger partial charge < -0.3 is 20.5 Å². The number of carbonyl (C=O) groups is 3. The molecule has 2 aliphatic heterocycles. The number of ether oxygens (including phenoxy) is 2. The van der Waals surface area contributed by atoms with Crippen LogP contribution in [0.2, 0.25) is 0 Å². The number of Topliss-reactive ketones (excluding diaryl/α,β-unsaturated/α-hetero) is 1. The molecule has 0 aromatic heterocycles. The van der Waals surface area contributed by atoms with Crippen molar-refractivity contribution in [3.63, 3.8) is 0 Å². The largest absolute Gasteiger partial charge is 0.462 e. The molecule has 0 aliphatic carbocycles. The Labute approximate surface area is 173 Å². The quantitative estimate of drug-likeness (QED) is 0.522. The van der Waals surface area contributed by atoms with E-state index in [4.69, 9.17) is 5.73 Å². The smallest absolute Gasteiger partial charge is 0.454 e. The van der Waals surface area contributed by atoms with Crippen LogP contribution in [0.5, 0.6) is 0 Å². The molecule has 3 rings (SSSR count). The molecule has 0 fully saturated rings. The van der Waals surface area contributed by atoms with Gasteiger partial charge >= 0.3 is 18.3 Å². The van der Waals surface area contributed by atoms with Gasteiger partial charge in [0.25, 0.3) is 5.78 Å². The van der Waals surface area contributed by atoms with Crippen LogP contribution in [0, 0.1) is 5.82 Å². The van der Waals surface area contributed by atoms with Crippen molar-refractivity contribution in [2.45, 2.75) is 24.7 Å².